The highest BCUT2D eigenvalue weighted by Gasteiger charge is 2.13. The molecule has 0 aliphatic heterocycles. The lowest BCUT2D eigenvalue weighted by Crippen LogP contribution is -2.41. The second-order valence-electron chi connectivity index (χ2n) is 5.79. The Kier molecular flexibility index (Phi) is 5.75. The first-order chi connectivity index (χ1) is 13.5. The van der Waals surface area contributed by atoms with E-state index in [1.807, 2.05) is 30.3 Å². The molecule has 0 aliphatic rings. The van der Waals surface area contributed by atoms with Crippen LogP contribution in [0.4, 0.5) is 5.69 Å². The number of oxazole rings is 1. The van der Waals surface area contributed by atoms with Gasteiger partial charge < -0.3 is 4.42 Å². The summed E-state index contributed by atoms with van der Waals surface area (Å²) in [6.07, 6.45) is 1.89. The molecule has 1 heterocycles. The molecule has 3 rings (SSSR count). The Bertz CT molecular complexity index is 1000. The fourth-order valence-electron chi connectivity index (χ4n) is 2.40. The standard InChI is InChI=1S/C19H16N4O5/c24-17(21-22-19(25)14-7-4-8-15(11-14)23(26)27)9-10-18-20-12-16(28-18)13-5-2-1-3-6-13/h1-8,11-12H,9-10H2,(H,21,24)(H,22,25). The number of nitrogens with one attached hydrogen (secondary N) is 2. The molecule has 2 N–H and O–H groups in total. The fraction of sp³-hybridized carbons (Fsp3) is 0.105. The van der Waals surface area contributed by atoms with E-state index in [1.54, 1.807) is 6.20 Å². The minimum absolute atomic E-state index is 0.0456. The normalized spacial score (nSPS) is 10.3. The first-order valence-corrected chi connectivity index (χ1v) is 8.36. The van der Waals surface area contributed by atoms with E-state index in [0.717, 1.165) is 11.6 Å². The van der Waals surface area contributed by atoms with Gasteiger partial charge in [0.1, 0.15) is 0 Å². The highest BCUT2D eigenvalue weighted by atomic mass is 16.6. The van der Waals surface area contributed by atoms with Crippen LogP contribution in [0.5, 0.6) is 0 Å². The summed E-state index contributed by atoms with van der Waals surface area (Å²) in [7, 11) is 0. The van der Waals surface area contributed by atoms with Crippen LogP contribution < -0.4 is 10.9 Å². The summed E-state index contributed by atoms with van der Waals surface area (Å²) in [5, 5.41) is 10.7. The SMILES string of the molecule is O=C(CCc1ncc(-c2ccccc2)o1)NNC(=O)c1cccc([N+](=O)[O-])c1. The van der Waals surface area contributed by atoms with E-state index in [0.29, 0.717) is 11.7 Å². The van der Waals surface area contributed by atoms with Crippen LogP contribution >= 0.6 is 0 Å². The number of aryl methyl sites for hydroxylation is 1. The molecule has 0 atom stereocenters. The summed E-state index contributed by atoms with van der Waals surface area (Å²) < 4.78 is 5.61. The third kappa shape index (κ3) is 4.79. The quantitative estimate of drug-likeness (QED) is 0.500. The Hall–Kier alpha value is -4.01. The number of carbonyl (C=O) groups is 2. The van der Waals surface area contributed by atoms with E-state index in [-0.39, 0.29) is 24.1 Å². The van der Waals surface area contributed by atoms with Gasteiger partial charge in [0.25, 0.3) is 11.6 Å². The summed E-state index contributed by atoms with van der Waals surface area (Å²) in [5.41, 5.74) is 5.22. The largest absolute Gasteiger partial charge is 0.441 e. The molecule has 0 saturated heterocycles. The fourth-order valence-corrected chi connectivity index (χ4v) is 2.40. The molecule has 2 aromatic carbocycles. The van der Waals surface area contributed by atoms with Gasteiger partial charge in [0.05, 0.1) is 11.1 Å². The highest BCUT2D eigenvalue weighted by Crippen LogP contribution is 2.20. The van der Waals surface area contributed by atoms with Gasteiger partial charge in [0.15, 0.2) is 11.7 Å². The second kappa shape index (κ2) is 8.58. The molecule has 9 nitrogen and oxygen atoms in total. The van der Waals surface area contributed by atoms with Gasteiger partial charge in [0, 0.05) is 36.1 Å². The predicted molar refractivity (Wildman–Crippen MR) is 99.0 cm³/mol. The molecule has 142 valence electrons. The average molecular weight is 380 g/mol. The van der Waals surface area contributed by atoms with Gasteiger partial charge in [0.2, 0.25) is 5.91 Å². The number of aromatic nitrogens is 1. The highest BCUT2D eigenvalue weighted by molar-refractivity contribution is 5.95. The lowest BCUT2D eigenvalue weighted by Gasteiger charge is -2.06. The zero-order valence-electron chi connectivity index (χ0n) is 14.6. The van der Waals surface area contributed by atoms with Gasteiger partial charge in [-0.15, -0.1) is 0 Å². The van der Waals surface area contributed by atoms with Crippen LogP contribution in [0.1, 0.15) is 22.7 Å². The zero-order chi connectivity index (χ0) is 19.9. The number of amides is 2. The van der Waals surface area contributed by atoms with Crippen molar-refractivity contribution in [2.45, 2.75) is 12.8 Å². The monoisotopic (exact) mass is 380 g/mol. The van der Waals surface area contributed by atoms with Crippen LogP contribution in [0.15, 0.2) is 65.2 Å². The molecular weight excluding hydrogens is 364 g/mol. The maximum Gasteiger partial charge on any atom is 0.270 e. The third-order valence-electron chi connectivity index (χ3n) is 3.81. The zero-order valence-corrected chi connectivity index (χ0v) is 14.6. The lowest BCUT2D eigenvalue weighted by atomic mass is 10.2. The van der Waals surface area contributed by atoms with E-state index in [4.69, 9.17) is 4.42 Å². The summed E-state index contributed by atoms with van der Waals surface area (Å²) in [5.74, 6) is -0.0909. The first-order valence-electron chi connectivity index (χ1n) is 8.36. The number of hydrazine groups is 1. The number of nitro benzene ring substituents is 1. The molecule has 2 amide bonds. The van der Waals surface area contributed by atoms with E-state index in [1.165, 1.54) is 18.2 Å². The van der Waals surface area contributed by atoms with Crippen LogP contribution in [0.3, 0.4) is 0 Å². The molecular formula is C19H16N4O5. The molecule has 0 aliphatic carbocycles. The van der Waals surface area contributed by atoms with Crippen LogP contribution in [0.2, 0.25) is 0 Å². The summed E-state index contributed by atoms with van der Waals surface area (Å²) in [6, 6.07) is 14.6. The van der Waals surface area contributed by atoms with E-state index in [9.17, 15) is 19.7 Å². The Morgan fingerprint density at radius 3 is 2.61 bits per heavy atom. The van der Waals surface area contributed by atoms with Gasteiger partial charge in [-0.2, -0.15) is 0 Å². The molecule has 1 aromatic heterocycles. The maximum atomic E-state index is 12.0. The van der Waals surface area contributed by atoms with Crippen LogP contribution in [-0.4, -0.2) is 21.7 Å². The average Bonchev–Trinajstić information content (AvgIpc) is 3.20. The Balaban J connectivity index is 1.48. The van der Waals surface area contributed by atoms with Crippen molar-refractivity contribution in [1.82, 2.24) is 15.8 Å². The number of hydrogen-bond acceptors (Lipinski definition) is 6. The lowest BCUT2D eigenvalue weighted by molar-refractivity contribution is -0.384. The number of nitrogens with zero attached hydrogens (tertiary/aromatic N) is 2. The first kappa shape index (κ1) is 18.8. The molecule has 0 radical (unpaired) electrons. The summed E-state index contributed by atoms with van der Waals surface area (Å²) in [4.78, 5) is 38.2. The van der Waals surface area contributed by atoms with Crippen LogP contribution in [0, 0.1) is 10.1 Å². The van der Waals surface area contributed by atoms with Crippen molar-refractivity contribution in [1.29, 1.82) is 0 Å². The number of carbonyl (C=O) groups excluding carboxylic acids is 2. The number of rotatable bonds is 6. The Labute approximate surface area is 159 Å². The van der Waals surface area contributed by atoms with Gasteiger partial charge >= 0.3 is 0 Å². The minimum Gasteiger partial charge on any atom is -0.441 e. The van der Waals surface area contributed by atoms with Crippen molar-refractivity contribution in [3.05, 3.63) is 82.4 Å². The van der Waals surface area contributed by atoms with Crippen LogP contribution in [0.25, 0.3) is 11.3 Å². The molecule has 28 heavy (non-hydrogen) atoms. The van der Waals surface area contributed by atoms with Crippen molar-refractivity contribution in [2.75, 3.05) is 0 Å². The predicted octanol–water partition coefficient (Wildman–Crippen LogP) is 2.64. The molecule has 0 bridgehead atoms. The molecule has 9 heteroatoms. The molecule has 0 fully saturated rings. The molecule has 0 spiro atoms. The minimum atomic E-state index is -0.653. The summed E-state index contributed by atoms with van der Waals surface area (Å²) >= 11 is 0. The number of benzene rings is 2. The van der Waals surface area contributed by atoms with E-state index in [2.05, 4.69) is 15.8 Å². The van der Waals surface area contributed by atoms with Crippen LogP contribution in [-0.2, 0) is 11.2 Å². The van der Waals surface area contributed by atoms with Gasteiger partial charge in [-0.25, -0.2) is 4.98 Å². The number of nitro groups is 1. The van der Waals surface area contributed by atoms with Crippen molar-refractivity contribution in [3.63, 3.8) is 0 Å². The number of non-ortho nitro benzene ring substituents is 1. The summed E-state index contributed by atoms with van der Waals surface area (Å²) in [6.45, 7) is 0. The Morgan fingerprint density at radius 1 is 1.07 bits per heavy atom. The smallest absolute Gasteiger partial charge is 0.270 e. The van der Waals surface area contributed by atoms with Crippen molar-refractivity contribution in [3.8, 4) is 11.3 Å². The van der Waals surface area contributed by atoms with E-state index >= 15 is 0 Å². The molecule has 3 aromatic rings. The van der Waals surface area contributed by atoms with Crippen molar-refractivity contribution in [2.24, 2.45) is 0 Å². The van der Waals surface area contributed by atoms with Crippen molar-refractivity contribution >= 4 is 17.5 Å². The maximum absolute atomic E-state index is 12.0. The molecule has 0 saturated carbocycles. The Morgan fingerprint density at radius 2 is 1.86 bits per heavy atom. The van der Waals surface area contributed by atoms with Gasteiger partial charge in [-0.05, 0) is 6.07 Å². The second-order valence-corrected chi connectivity index (χ2v) is 5.79. The van der Waals surface area contributed by atoms with Crippen molar-refractivity contribution < 1.29 is 18.9 Å². The number of hydrogen-bond donors (Lipinski definition) is 2. The van der Waals surface area contributed by atoms with E-state index < -0.39 is 16.7 Å². The third-order valence-corrected chi connectivity index (χ3v) is 3.81. The van der Waals surface area contributed by atoms with Gasteiger partial charge in [-0.3, -0.25) is 30.6 Å². The topological polar surface area (TPSA) is 127 Å². The molecule has 0 unspecified atom stereocenters. The van der Waals surface area contributed by atoms with Gasteiger partial charge in [-0.1, -0.05) is 36.4 Å².